The number of imidazole rings is 1. The molecule has 0 saturated heterocycles. The van der Waals surface area contributed by atoms with Gasteiger partial charge in [0.15, 0.2) is 22.4 Å². The summed E-state index contributed by atoms with van der Waals surface area (Å²) in [6.45, 7) is 0.342. The Labute approximate surface area is 197 Å². The largest absolute Gasteiger partial charge is 0.461 e. The van der Waals surface area contributed by atoms with Crippen LogP contribution in [0.25, 0.3) is 39.2 Å². The van der Waals surface area contributed by atoms with Gasteiger partial charge in [-0.1, -0.05) is 36.0 Å². The van der Waals surface area contributed by atoms with Crippen LogP contribution in [0, 0.1) is 0 Å². The number of fused-ring (bicyclic) bond motifs is 4. The molecule has 6 aromatic rings. The monoisotopic (exact) mass is 469 g/mol. The molecule has 0 aliphatic rings. The fourth-order valence-electron chi connectivity index (χ4n) is 3.94. The fraction of sp³-hybridized carbons (Fsp3) is 0.125. The molecule has 0 aliphatic carbocycles. The first-order chi connectivity index (χ1) is 16.7. The van der Waals surface area contributed by atoms with Crippen LogP contribution >= 0.6 is 11.8 Å². The van der Waals surface area contributed by atoms with Gasteiger partial charge in [0, 0.05) is 12.4 Å². The van der Waals surface area contributed by atoms with Crippen LogP contribution in [0.15, 0.2) is 76.5 Å². The second-order valence-corrected chi connectivity index (χ2v) is 8.66. The van der Waals surface area contributed by atoms with E-state index in [0.29, 0.717) is 28.9 Å². The van der Waals surface area contributed by atoms with Crippen molar-refractivity contribution in [2.24, 2.45) is 7.05 Å². The van der Waals surface area contributed by atoms with Crippen molar-refractivity contribution in [3.63, 3.8) is 0 Å². The number of furan rings is 1. The lowest BCUT2D eigenvalue weighted by Crippen LogP contribution is -2.26. The van der Waals surface area contributed by atoms with Gasteiger partial charge < -0.3 is 14.3 Å². The number of thioether (sulfide) groups is 1. The van der Waals surface area contributed by atoms with Crippen molar-refractivity contribution in [2.75, 3.05) is 5.75 Å². The minimum atomic E-state index is -0.123. The topological polar surface area (TPSA) is 103 Å². The first-order valence-corrected chi connectivity index (χ1v) is 11.6. The lowest BCUT2D eigenvalue weighted by Gasteiger charge is -2.08. The van der Waals surface area contributed by atoms with E-state index in [1.165, 1.54) is 11.8 Å². The summed E-state index contributed by atoms with van der Waals surface area (Å²) in [5, 5.41) is 13.1. The minimum absolute atomic E-state index is 0.123. The molecule has 9 nitrogen and oxygen atoms in total. The van der Waals surface area contributed by atoms with E-state index >= 15 is 0 Å². The van der Waals surface area contributed by atoms with Crippen molar-refractivity contribution in [2.45, 2.75) is 11.7 Å². The van der Waals surface area contributed by atoms with Crippen LogP contribution in [-0.4, -0.2) is 40.8 Å². The van der Waals surface area contributed by atoms with Gasteiger partial charge in [-0.3, -0.25) is 9.20 Å². The second kappa shape index (κ2) is 8.31. The quantitative estimate of drug-likeness (QED) is 0.370. The number of carbonyl (C=O) groups excluding carboxylic acids is 1. The third-order valence-electron chi connectivity index (χ3n) is 5.61. The molecule has 4 aromatic heterocycles. The highest BCUT2D eigenvalue weighted by atomic mass is 32.2. The number of para-hydroxylation sites is 3. The number of aromatic nitrogens is 6. The number of aryl methyl sites for hydroxylation is 1. The molecule has 34 heavy (non-hydrogen) atoms. The van der Waals surface area contributed by atoms with Crippen molar-refractivity contribution < 1.29 is 9.21 Å². The third kappa shape index (κ3) is 3.48. The van der Waals surface area contributed by atoms with Crippen LogP contribution in [0.5, 0.6) is 0 Å². The molecule has 1 N–H and O–H groups in total. The first kappa shape index (κ1) is 20.4. The van der Waals surface area contributed by atoms with Crippen molar-refractivity contribution in [1.82, 2.24) is 34.4 Å². The number of hydrogen-bond donors (Lipinski definition) is 1. The normalized spacial score (nSPS) is 11.6. The first-order valence-electron chi connectivity index (χ1n) is 10.7. The highest BCUT2D eigenvalue weighted by Crippen LogP contribution is 2.29. The van der Waals surface area contributed by atoms with Gasteiger partial charge in [0.25, 0.3) is 0 Å². The average molecular weight is 470 g/mol. The van der Waals surface area contributed by atoms with Crippen molar-refractivity contribution in [3.8, 4) is 11.6 Å². The maximum absolute atomic E-state index is 12.6. The molecule has 0 fully saturated rings. The van der Waals surface area contributed by atoms with Gasteiger partial charge in [0.05, 0.1) is 35.1 Å². The number of nitrogens with zero attached hydrogens (tertiary/aromatic N) is 6. The molecule has 4 heterocycles. The SMILES string of the molecule is Cn1c(CNC(=O)CSc2nnc3c4ccccc4nc(-c4ccco4)n23)nc2ccccc21. The van der Waals surface area contributed by atoms with Gasteiger partial charge >= 0.3 is 0 Å². The molecule has 1 amide bonds. The minimum Gasteiger partial charge on any atom is -0.461 e. The molecule has 0 spiro atoms. The Bertz CT molecular complexity index is 1650. The highest BCUT2D eigenvalue weighted by Gasteiger charge is 2.19. The van der Waals surface area contributed by atoms with E-state index in [1.54, 1.807) is 6.26 Å². The Morgan fingerprint density at radius 1 is 1.00 bits per heavy atom. The lowest BCUT2D eigenvalue weighted by molar-refractivity contribution is -0.118. The van der Waals surface area contributed by atoms with Gasteiger partial charge in [-0.2, -0.15) is 0 Å². The molecular weight excluding hydrogens is 450 g/mol. The van der Waals surface area contributed by atoms with Gasteiger partial charge in [0.2, 0.25) is 5.91 Å². The molecular formula is C24H19N7O2S. The molecule has 6 rings (SSSR count). The Hall–Kier alpha value is -4.18. The number of rotatable bonds is 6. The Morgan fingerprint density at radius 2 is 1.82 bits per heavy atom. The summed E-state index contributed by atoms with van der Waals surface area (Å²) in [6, 6.07) is 19.3. The summed E-state index contributed by atoms with van der Waals surface area (Å²) >= 11 is 1.30. The van der Waals surface area contributed by atoms with Crippen molar-refractivity contribution in [1.29, 1.82) is 0 Å². The number of amides is 1. The molecule has 0 aliphatic heterocycles. The summed E-state index contributed by atoms with van der Waals surface area (Å²) in [6.07, 6.45) is 1.60. The summed E-state index contributed by atoms with van der Waals surface area (Å²) in [4.78, 5) is 22.0. The molecule has 168 valence electrons. The average Bonchev–Trinajstić information content (AvgIpc) is 3.61. The van der Waals surface area contributed by atoms with Gasteiger partial charge in [-0.05, 0) is 36.4 Å². The van der Waals surface area contributed by atoms with Crippen LogP contribution < -0.4 is 5.32 Å². The molecule has 2 aromatic carbocycles. The standard InChI is InChI=1S/C24H19N7O2S/c1-30-18-10-5-4-9-17(18)26-20(30)13-25-21(32)14-34-24-29-28-22-15-7-2-3-8-16(15)27-23(31(22)24)19-11-6-12-33-19/h2-12H,13-14H2,1H3,(H,25,32). The van der Waals surface area contributed by atoms with Crippen LogP contribution in [0.4, 0.5) is 0 Å². The highest BCUT2D eigenvalue weighted by molar-refractivity contribution is 7.99. The summed E-state index contributed by atoms with van der Waals surface area (Å²) in [5.41, 5.74) is 3.40. The van der Waals surface area contributed by atoms with Gasteiger partial charge in [-0.25, -0.2) is 9.97 Å². The Balaban J connectivity index is 1.25. The van der Waals surface area contributed by atoms with E-state index in [0.717, 1.165) is 27.8 Å². The summed E-state index contributed by atoms with van der Waals surface area (Å²) < 4.78 is 9.44. The number of benzene rings is 2. The van der Waals surface area contributed by atoms with Crippen LogP contribution in [-0.2, 0) is 18.4 Å². The van der Waals surface area contributed by atoms with Gasteiger partial charge in [-0.15, -0.1) is 10.2 Å². The maximum Gasteiger partial charge on any atom is 0.230 e. The fourth-order valence-corrected chi connectivity index (χ4v) is 4.70. The third-order valence-corrected chi connectivity index (χ3v) is 6.54. The zero-order valence-electron chi connectivity index (χ0n) is 18.2. The van der Waals surface area contributed by atoms with Crippen molar-refractivity contribution in [3.05, 3.63) is 72.8 Å². The van der Waals surface area contributed by atoms with Crippen LogP contribution in [0.3, 0.4) is 0 Å². The van der Waals surface area contributed by atoms with E-state index in [1.807, 2.05) is 76.7 Å². The van der Waals surface area contributed by atoms with E-state index in [2.05, 4.69) is 20.5 Å². The maximum atomic E-state index is 12.6. The van der Waals surface area contributed by atoms with E-state index in [-0.39, 0.29) is 11.7 Å². The smallest absolute Gasteiger partial charge is 0.230 e. The summed E-state index contributed by atoms with van der Waals surface area (Å²) in [7, 11) is 1.95. The van der Waals surface area contributed by atoms with Crippen LogP contribution in [0.1, 0.15) is 5.82 Å². The molecule has 0 unspecified atom stereocenters. The van der Waals surface area contributed by atoms with E-state index in [4.69, 9.17) is 9.40 Å². The number of carbonyl (C=O) groups is 1. The van der Waals surface area contributed by atoms with Gasteiger partial charge in [0.1, 0.15) is 5.82 Å². The van der Waals surface area contributed by atoms with E-state index < -0.39 is 0 Å². The van der Waals surface area contributed by atoms with E-state index in [9.17, 15) is 4.79 Å². The lowest BCUT2D eigenvalue weighted by atomic mass is 10.2. The predicted octanol–water partition coefficient (Wildman–Crippen LogP) is 3.83. The zero-order chi connectivity index (χ0) is 23.1. The molecule has 0 atom stereocenters. The number of nitrogens with one attached hydrogen (secondary N) is 1. The second-order valence-electron chi connectivity index (χ2n) is 7.71. The molecule has 0 bridgehead atoms. The molecule has 10 heteroatoms. The molecule has 0 radical (unpaired) electrons. The summed E-state index contributed by atoms with van der Waals surface area (Å²) in [5.74, 6) is 2.04. The Kier molecular flexibility index (Phi) is 4.99. The number of hydrogen-bond acceptors (Lipinski definition) is 7. The van der Waals surface area contributed by atoms with Crippen LogP contribution in [0.2, 0.25) is 0 Å². The molecule has 0 saturated carbocycles. The predicted molar refractivity (Wildman–Crippen MR) is 129 cm³/mol. The zero-order valence-corrected chi connectivity index (χ0v) is 19.0. The van der Waals surface area contributed by atoms with Crippen molar-refractivity contribution >= 4 is 45.3 Å². The Morgan fingerprint density at radius 3 is 2.65 bits per heavy atom.